The van der Waals surface area contributed by atoms with Crippen LogP contribution >= 0.6 is 0 Å². The molecule has 1 saturated carbocycles. The van der Waals surface area contributed by atoms with Gasteiger partial charge in [0.15, 0.2) is 0 Å². The Labute approximate surface area is 122 Å². The Balaban J connectivity index is 1.63. The number of hydrogen-bond donors (Lipinski definition) is 2. The van der Waals surface area contributed by atoms with Crippen molar-refractivity contribution < 1.29 is 4.79 Å². The molecular weight excluding hydrogens is 252 g/mol. The van der Waals surface area contributed by atoms with Crippen molar-refractivity contribution >= 4 is 5.91 Å². The zero-order valence-electron chi connectivity index (χ0n) is 13.0. The second kappa shape index (κ2) is 7.38. The Morgan fingerprint density at radius 3 is 2.60 bits per heavy atom. The van der Waals surface area contributed by atoms with E-state index in [1.165, 1.54) is 0 Å². The number of hydrogen-bond acceptors (Lipinski definition) is 4. The molecule has 1 amide bonds. The van der Waals surface area contributed by atoms with E-state index >= 15 is 0 Å². The lowest BCUT2D eigenvalue weighted by Crippen LogP contribution is -2.47. The third-order valence-electron chi connectivity index (χ3n) is 4.93. The highest BCUT2D eigenvalue weighted by Gasteiger charge is 2.29. The van der Waals surface area contributed by atoms with E-state index in [4.69, 9.17) is 5.73 Å². The highest BCUT2D eigenvalue weighted by molar-refractivity contribution is 5.78. The number of carbonyl (C=O) groups is 1. The van der Waals surface area contributed by atoms with E-state index in [1.807, 2.05) is 0 Å². The van der Waals surface area contributed by atoms with E-state index in [2.05, 4.69) is 29.1 Å². The summed E-state index contributed by atoms with van der Waals surface area (Å²) in [6.07, 6.45) is 2.88. The molecule has 3 N–H and O–H groups in total. The zero-order chi connectivity index (χ0) is 14.5. The second-order valence-corrected chi connectivity index (χ2v) is 6.59. The Morgan fingerprint density at radius 2 is 1.95 bits per heavy atom. The monoisotopic (exact) mass is 282 g/mol. The van der Waals surface area contributed by atoms with Crippen LogP contribution in [-0.4, -0.2) is 68.1 Å². The number of piperazine rings is 1. The number of likely N-dealkylation sites (N-methyl/N-ethyl adjacent to an activating group) is 1. The Kier molecular flexibility index (Phi) is 5.81. The van der Waals surface area contributed by atoms with Gasteiger partial charge in [-0.25, -0.2) is 0 Å². The molecule has 5 nitrogen and oxygen atoms in total. The third-order valence-corrected chi connectivity index (χ3v) is 4.93. The summed E-state index contributed by atoms with van der Waals surface area (Å²) in [7, 11) is 2.16. The molecule has 1 aliphatic heterocycles. The molecule has 2 fully saturated rings. The van der Waals surface area contributed by atoms with Gasteiger partial charge in [0.05, 0.1) is 0 Å². The van der Waals surface area contributed by atoms with Crippen LogP contribution in [0, 0.1) is 11.8 Å². The maximum atomic E-state index is 12.2. The maximum Gasteiger partial charge on any atom is 0.223 e. The standard InChI is InChI=1S/C15H30N4O/c1-12-11-13(3-4-14(12)16)15(20)17-5-6-19-9-7-18(2)8-10-19/h12-14H,3-11,16H2,1-2H3,(H,17,20). The summed E-state index contributed by atoms with van der Waals surface area (Å²) >= 11 is 0. The van der Waals surface area contributed by atoms with Gasteiger partial charge in [-0.05, 0) is 32.2 Å². The lowest BCUT2D eigenvalue weighted by molar-refractivity contribution is -0.126. The van der Waals surface area contributed by atoms with Crippen LogP contribution in [0.2, 0.25) is 0 Å². The van der Waals surface area contributed by atoms with Gasteiger partial charge in [-0.1, -0.05) is 6.92 Å². The van der Waals surface area contributed by atoms with E-state index in [9.17, 15) is 4.79 Å². The molecule has 1 saturated heterocycles. The summed E-state index contributed by atoms with van der Waals surface area (Å²) in [6, 6.07) is 0.282. The highest BCUT2D eigenvalue weighted by atomic mass is 16.1. The molecule has 5 heteroatoms. The molecule has 0 radical (unpaired) electrons. The minimum absolute atomic E-state index is 0.178. The summed E-state index contributed by atoms with van der Waals surface area (Å²) in [4.78, 5) is 16.9. The minimum Gasteiger partial charge on any atom is -0.355 e. The van der Waals surface area contributed by atoms with Crippen LogP contribution in [0.4, 0.5) is 0 Å². The van der Waals surface area contributed by atoms with Crippen LogP contribution < -0.4 is 11.1 Å². The summed E-state index contributed by atoms with van der Waals surface area (Å²) in [5, 5.41) is 3.11. The van der Waals surface area contributed by atoms with Crippen LogP contribution in [0.15, 0.2) is 0 Å². The summed E-state index contributed by atoms with van der Waals surface area (Å²) in [6.45, 7) is 8.40. The maximum absolute atomic E-state index is 12.2. The third kappa shape index (κ3) is 4.43. The number of carbonyl (C=O) groups excluding carboxylic acids is 1. The predicted octanol–water partition coefficient (Wildman–Crippen LogP) is 0.114. The first-order valence-electron chi connectivity index (χ1n) is 8.00. The first kappa shape index (κ1) is 15.7. The average molecular weight is 282 g/mol. The first-order chi connectivity index (χ1) is 9.56. The van der Waals surface area contributed by atoms with E-state index in [1.54, 1.807) is 0 Å². The van der Waals surface area contributed by atoms with Crippen molar-refractivity contribution in [3.63, 3.8) is 0 Å². The topological polar surface area (TPSA) is 61.6 Å². The lowest BCUT2D eigenvalue weighted by Gasteiger charge is -2.33. The largest absolute Gasteiger partial charge is 0.355 e. The fourth-order valence-electron chi connectivity index (χ4n) is 3.21. The molecule has 2 aliphatic rings. The fraction of sp³-hybridized carbons (Fsp3) is 0.933. The normalized spacial score (nSPS) is 33.0. The van der Waals surface area contributed by atoms with Crippen molar-refractivity contribution in [2.75, 3.05) is 46.3 Å². The quantitative estimate of drug-likeness (QED) is 0.768. The summed E-state index contributed by atoms with van der Waals surface area (Å²) in [5.41, 5.74) is 6.01. The van der Waals surface area contributed by atoms with Crippen LogP contribution in [0.5, 0.6) is 0 Å². The molecular formula is C15H30N4O. The van der Waals surface area contributed by atoms with Crippen LogP contribution in [0.25, 0.3) is 0 Å². The van der Waals surface area contributed by atoms with Crippen molar-refractivity contribution in [2.45, 2.75) is 32.2 Å². The number of amides is 1. The Morgan fingerprint density at radius 1 is 1.25 bits per heavy atom. The van der Waals surface area contributed by atoms with Crippen molar-refractivity contribution in [1.29, 1.82) is 0 Å². The van der Waals surface area contributed by atoms with Crippen LogP contribution in [0.1, 0.15) is 26.2 Å². The van der Waals surface area contributed by atoms with Gasteiger partial charge in [0.25, 0.3) is 0 Å². The van der Waals surface area contributed by atoms with Gasteiger partial charge >= 0.3 is 0 Å². The van der Waals surface area contributed by atoms with Gasteiger partial charge < -0.3 is 16.0 Å². The molecule has 0 aromatic carbocycles. The molecule has 1 heterocycles. The molecule has 0 aromatic heterocycles. The molecule has 3 atom stereocenters. The van der Waals surface area contributed by atoms with Crippen LogP contribution in [0.3, 0.4) is 0 Å². The molecule has 20 heavy (non-hydrogen) atoms. The Bertz CT molecular complexity index is 315. The lowest BCUT2D eigenvalue weighted by atomic mass is 9.79. The molecule has 0 aromatic rings. The molecule has 0 spiro atoms. The van der Waals surface area contributed by atoms with Crippen molar-refractivity contribution in [1.82, 2.24) is 15.1 Å². The van der Waals surface area contributed by atoms with E-state index in [0.29, 0.717) is 5.92 Å². The number of rotatable bonds is 4. The SMILES string of the molecule is CC1CC(C(=O)NCCN2CCN(C)CC2)CCC1N. The predicted molar refractivity (Wildman–Crippen MR) is 81.4 cm³/mol. The second-order valence-electron chi connectivity index (χ2n) is 6.59. The van der Waals surface area contributed by atoms with Crippen molar-refractivity contribution in [3.05, 3.63) is 0 Å². The summed E-state index contributed by atoms with van der Waals surface area (Å²) in [5.74, 6) is 0.882. The van der Waals surface area contributed by atoms with Crippen molar-refractivity contribution in [3.8, 4) is 0 Å². The molecule has 0 bridgehead atoms. The molecule has 116 valence electrons. The van der Waals surface area contributed by atoms with Gasteiger partial charge in [-0.3, -0.25) is 9.69 Å². The fourth-order valence-corrected chi connectivity index (χ4v) is 3.21. The number of nitrogens with one attached hydrogen (secondary N) is 1. The van der Waals surface area contributed by atoms with Gasteiger partial charge in [-0.15, -0.1) is 0 Å². The number of nitrogens with two attached hydrogens (primary N) is 1. The minimum atomic E-state index is 0.178. The van der Waals surface area contributed by atoms with E-state index in [0.717, 1.165) is 58.5 Å². The number of nitrogens with zero attached hydrogens (tertiary/aromatic N) is 2. The zero-order valence-corrected chi connectivity index (χ0v) is 13.0. The smallest absolute Gasteiger partial charge is 0.223 e. The first-order valence-corrected chi connectivity index (χ1v) is 8.00. The van der Waals surface area contributed by atoms with E-state index in [-0.39, 0.29) is 17.9 Å². The van der Waals surface area contributed by atoms with Gasteiger partial charge in [0.1, 0.15) is 0 Å². The summed E-state index contributed by atoms with van der Waals surface area (Å²) < 4.78 is 0. The van der Waals surface area contributed by atoms with Gasteiger partial charge in [0.2, 0.25) is 5.91 Å². The highest BCUT2D eigenvalue weighted by Crippen LogP contribution is 2.27. The molecule has 3 unspecified atom stereocenters. The van der Waals surface area contributed by atoms with E-state index < -0.39 is 0 Å². The Hall–Kier alpha value is -0.650. The van der Waals surface area contributed by atoms with Crippen LogP contribution in [-0.2, 0) is 4.79 Å². The van der Waals surface area contributed by atoms with Gasteiger partial charge in [0, 0.05) is 51.2 Å². The molecule has 1 aliphatic carbocycles. The average Bonchev–Trinajstić information content (AvgIpc) is 2.44. The van der Waals surface area contributed by atoms with Gasteiger partial charge in [-0.2, -0.15) is 0 Å². The van der Waals surface area contributed by atoms with Crippen molar-refractivity contribution in [2.24, 2.45) is 17.6 Å². The molecule has 2 rings (SSSR count).